The van der Waals surface area contributed by atoms with Crippen LogP contribution in [0.4, 0.5) is 5.69 Å². The Morgan fingerprint density at radius 2 is 2.00 bits per heavy atom. The second-order valence-corrected chi connectivity index (χ2v) is 9.21. The fourth-order valence-corrected chi connectivity index (χ4v) is 5.15. The molecule has 1 unspecified atom stereocenters. The van der Waals surface area contributed by atoms with Crippen LogP contribution < -0.4 is 10.6 Å². The number of anilines is 1. The summed E-state index contributed by atoms with van der Waals surface area (Å²) in [4.78, 5) is 22.3. The molecule has 4 atom stereocenters. The van der Waals surface area contributed by atoms with Crippen molar-refractivity contribution in [2.75, 3.05) is 39.8 Å². The largest absolute Gasteiger partial charge is 0.385 e. The molecule has 0 radical (unpaired) electrons. The number of hydrogen-bond donors (Lipinski definition) is 2. The molecule has 36 heavy (non-hydrogen) atoms. The van der Waals surface area contributed by atoms with Gasteiger partial charge in [0.05, 0.1) is 49.0 Å². The monoisotopic (exact) mass is 491 g/mol. The summed E-state index contributed by atoms with van der Waals surface area (Å²) >= 11 is 0. The first-order valence-corrected chi connectivity index (χ1v) is 12.1. The number of fused-ring (bicyclic) bond motifs is 2. The van der Waals surface area contributed by atoms with E-state index < -0.39 is 0 Å². The van der Waals surface area contributed by atoms with Gasteiger partial charge in [0.1, 0.15) is 11.8 Å². The molecular formula is C25H29N7O4. The topological polar surface area (TPSA) is 117 Å². The molecule has 0 aromatic carbocycles. The summed E-state index contributed by atoms with van der Waals surface area (Å²) in [5.74, 6) is -0.226. The van der Waals surface area contributed by atoms with Crippen LogP contribution in [0, 0.1) is 0 Å². The second kappa shape index (κ2) is 9.16. The highest BCUT2D eigenvalue weighted by Gasteiger charge is 2.34. The Bertz CT molecular complexity index is 1430. The number of aromatic nitrogens is 5. The van der Waals surface area contributed by atoms with Crippen LogP contribution in [-0.2, 0) is 14.2 Å². The number of nitrogens with zero attached hydrogens (tertiary/aromatic N) is 5. The maximum absolute atomic E-state index is 13.2. The highest BCUT2D eigenvalue weighted by molar-refractivity contribution is 5.96. The van der Waals surface area contributed by atoms with E-state index in [1.807, 2.05) is 31.4 Å². The van der Waals surface area contributed by atoms with E-state index in [9.17, 15) is 4.79 Å². The maximum Gasteiger partial charge on any atom is 0.271 e. The number of imidazole rings is 1. The lowest BCUT2D eigenvalue weighted by Crippen LogP contribution is -2.51. The van der Waals surface area contributed by atoms with Gasteiger partial charge in [-0.2, -0.15) is 5.10 Å². The summed E-state index contributed by atoms with van der Waals surface area (Å²) in [5, 5.41) is 12.1. The predicted octanol–water partition coefficient (Wildman–Crippen LogP) is 2.28. The molecule has 4 aromatic rings. The number of methoxy groups -OCH3 is 2. The molecule has 2 aliphatic rings. The Labute approximate surface area is 207 Å². The van der Waals surface area contributed by atoms with Crippen molar-refractivity contribution in [2.45, 2.75) is 37.1 Å². The van der Waals surface area contributed by atoms with Gasteiger partial charge in [-0.1, -0.05) is 0 Å². The van der Waals surface area contributed by atoms with E-state index in [1.54, 1.807) is 31.1 Å². The van der Waals surface area contributed by atoms with Crippen LogP contribution in [0.5, 0.6) is 0 Å². The second-order valence-electron chi connectivity index (χ2n) is 9.21. The van der Waals surface area contributed by atoms with Crippen molar-refractivity contribution in [2.24, 2.45) is 0 Å². The first-order valence-electron chi connectivity index (χ1n) is 12.1. The SMILES string of the molecule is CNc1cc(-c2cn([C@@H]3COC[C@H]3OC)c3ncccc23)nn2c(C(=O)NC3CC[C@@H]3OC)cnc12. The fraction of sp³-hybridized carbons (Fsp3) is 0.440. The van der Waals surface area contributed by atoms with E-state index in [2.05, 4.69) is 25.2 Å². The Morgan fingerprint density at radius 3 is 2.75 bits per heavy atom. The molecule has 6 rings (SSSR count). The van der Waals surface area contributed by atoms with Crippen LogP contribution in [0.2, 0.25) is 0 Å². The van der Waals surface area contributed by atoms with E-state index in [0.29, 0.717) is 30.2 Å². The van der Waals surface area contributed by atoms with Crippen molar-refractivity contribution in [3.8, 4) is 11.3 Å². The number of pyridine rings is 1. The Balaban J connectivity index is 1.45. The normalized spacial score (nSPS) is 23.8. The number of nitrogens with one attached hydrogen (secondary N) is 2. The van der Waals surface area contributed by atoms with Gasteiger partial charge in [-0.15, -0.1) is 0 Å². The molecule has 2 fully saturated rings. The highest BCUT2D eigenvalue weighted by atomic mass is 16.5. The summed E-state index contributed by atoms with van der Waals surface area (Å²) in [5.41, 5.74) is 4.14. The van der Waals surface area contributed by atoms with Crippen molar-refractivity contribution in [1.29, 1.82) is 0 Å². The van der Waals surface area contributed by atoms with E-state index in [4.69, 9.17) is 19.3 Å². The van der Waals surface area contributed by atoms with Crippen molar-refractivity contribution >= 4 is 28.3 Å². The van der Waals surface area contributed by atoms with E-state index in [0.717, 1.165) is 35.1 Å². The molecule has 1 aliphatic carbocycles. The lowest BCUT2D eigenvalue weighted by molar-refractivity contribution is 0.00718. The molecule has 11 nitrogen and oxygen atoms in total. The van der Waals surface area contributed by atoms with Gasteiger partial charge in [-0.25, -0.2) is 14.5 Å². The van der Waals surface area contributed by atoms with Crippen LogP contribution in [0.1, 0.15) is 29.4 Å². The zero-order chi connectivity index (χ0) is 24.8. The average Bonchev–Trinajstić information content (AvgIpc) is 3.62. The zero-order valence-corrected chi connectivity index (χ0v) is 20.5. The third-order valence-corrected chi connectivity index (χ3v) is 7.33. The predicted molar refractivity (Wildman–Crippen MR) is 133 cm³/mol. The molecular weight excluding hydrogens is 462 g/mol. The molecule has 0 bridgehead atoms. The van der Waals surface area contributed by atoms with Gasteiger partial charge in [-0.05, 0) is 31.0 Å². The van der Waals surface area contributed by atoms with E-state index in [1.165, 1.54) is 0 Å². The molecule has 2 N–H and O–H groups in total. The van der Waals surface area contributed by atoms with Crippen molar-refractivity contribution < 1.29 is 19.0 Å². The third kappa shape index (κ3) is 3.62. The van der Waals surface area contributed by atoms with Gasteiger partial charge in [0.25, 0.3) is 5.91 Å². The summed E-state index contributed by atoms with van der Waals surface area (Å²) in [7, 11) is 5.20. The molecule has 5 heterocycles. The highest BCUT2D eigenvalue weighted by Crippen LogP contribution is 2.35. The third-order valence-electron chi connectivity index (χ3n) is 7.33. The molecule has 0 spiro atoms. The summed E-state index contributed by atoms with van der Waals surface area (Å²) in [6, 6.07) is 5.88. The van der Waals surface area contributed by atoms with E-state index >= 15 is 0 Å². The van der Waals surface area contributed by atoms with Crippen LogP contribution in [0.3, 0.4) is 0 Å². The lowest BCUT2D eigenvalue weighted by atomic mass is 9.89. The Kier molecular flexibility index (Phi) is 5.82. The molecule has 1 saturated heterocycles. The molecule has 11 heteroatoms. The first kappa shape index (κ1) is 22.9. The van der Waals surface area contributed by atoms with Crippen LogP contribution in [0.15, 0.2) is 36.8 Å². The van der Waals surface area contributed by atoms with Crippen molar-refractivity contribution in [3.05, 3.63) is 42.5 Å². The molecule has 1 saturated carbocycles. The number of carbonyl (C=O) groups excluding carboxylic acids is 1. The summed E-state index contributed by atoms with van der Waals surface area (Å²) in [6.45, 7) is 1.08. The molecule has 188 valence electrons. The van der Waals surface area contributed by atoms with Gasteiger partial charge >= 0.3 is 0 Å². The molecule has 1 amide bonds. The number of ether oxygens (including phenoxy) is 3. The van der Waals surface area contributed by atoms with Crippen LogP contribution in [0.25, 0.3) is 27.9 Å². The van der Waals surface area contributed by atoms with Crippen molar-refractivity contribution in [3.63, 3.8) is 0 Å². The maximum atomic E-state index is 13.2. The molecule has 4 aromatic heterocycles. The summed E-state index contributed by atoms with van der Waals surface area (Å²) in [6.07, 6.45) is 7.19. The summed E-state index contributed by atoms with van der Waals surface area (Å²) < 4.78 is 20.5. The van der Waals surface area contributed by atoms with E-state index in [-0.39, 0.29) is 30.2 Å². The number of amides is 1. The zero-order valence-electron chi connectivity index (χ0n) is 20.5. The van der Waals surface area contributed by atoms with Gasteiger partial charge in [0, 0.05) is 44.6 Å². The van der Waals surface area contributed by atoms with Crippen LogP contribution in [-0.4, -0.2) is 82.8 Å². The minimum absolute atomic E-state index is 0.000516. The standard InChI is InChI=1S/C25H29N7O4/c1-26-18-9-17(30-32-19(10-28-24(18)32)25(33)29-16-6-7-21(16)34-2)15-11-31(20-12-36-13-22(20)35-3)23-14(15)5-4-8-27-23/h4-5,8-11,16,20-22,26H,6-7,12-13H2,1-3H3,(H,29,33)/t16?,20-,21+,22-/m1/s1. The first-order chi connectivity index (χ1) is 17.6. The van der Waals surface area contributed by atoms with Crippen molar-refractivity contribution in [1.82, 2.24) is 29.5 Å². The van der Waals surface area contributed by atoms with Gasteiger partial charge in [0.2, 0.25) is 0 Å². The van der Waals surface area contributed by atoms with Gasteiger partial charge in [0.15, 0.2) is 11.3 Å². The van der Waals surface area contributed by atoms with Crippen LogP contribution >= 0.6 is 0 Å². The minimum atomic E-state index is -0.226. The number of hydrogen-bond acceptors (Lipinski definition) is 8. The Morgan fingerprint density at radius 1 is 1.14 bits per heavy atom. The minimum Gasteiger partial charge on any atom is -0.385 e. The quantitative estimate of drug-likeness (QED) is 0.405. The van der Waals surface area contributed by atoms with Gasteiger partial charge < -0.3 is 29.4 Å². The average molecular weight is 492 g/mol. The lowest BCUT2D eigenvalue weighted by Gasteiger charge is -2.35. The number of rotatable bonds is 7. The fourth-order valence-electron chi connectivity index (χ4n) is 5.15. The number of carbonyl (C=O) groups is 1. The smallest absolute Gasteiger partial charge is 0.271 e. The molecule has 1 aliphatic heterocycles. The Hall–Kier alpha value is -3.54. The van der Waals surface area contributed by atoms with Gasteiger partial charge in [-0.3, -0.25) is 4.79 Å².